The largest absolute Gasteiger partial charge is 0.307 e. The summed E-state index contributed by atoms with van der Waals surface area (Å²) in [4.78, 5) is 10.7. The second kappa shape index (κ2) is 10.3. The first-order valence-corrected chi connectivity index (χ1v) is 15.3. The van der Waals surface area contributed by atoms with E-state index in [0.717, 1.165) is 50.3 Å². The Kier molecular flexibility index (Phi) is 5.82. The number of para-hydroxylation sites is 1. The Balaban J connectivity index is 1.40. The molecule has 3 nitrogen and oxygen atoms in total. The quantitative estimate of drug-likeness (QED) is 0.210. The van der Waals surface area contributed by atoms with Crippen molar-refractivity contribution in [3.05, 3.63) is 164 Å². The number of hydrogen-bond acceptors (Lipinski definition) is 2. The molecule has 0 bridgehead atoms. The van der Waals surface area contributed by atoms with E-state index in [1.807, 2.05) is 12.1 Å². The van der Waals surface area contributed by atoms with Crippen LogP contribution in [-0.4, -0.2) is 14.5 Å². The molecular formula is C42H27N3. The predicted octanol–water partition coefficient (Wildman–Crippen LogP) is 10.9. The highest BCUT2D eigenvalue weighted by Gasteiger charge is 2.20. The lowest BCUT2D eigenvalue weighted by Crippen LogP contribution is -2.01. The molecule has 3 heteroatoms. The summed E-state index contributed by atoms with van der Waals surface area (Å²) in [7, 11) is 0. The van der Waals surface area contributed by atoms with Gasteiger partial charge in [-0.1, -0.05) is 140 Å². The maximum absolute atomic E-state index is 5.45. The van der Waals surface area contributed by atoms with Crippen LogP contribution in [0.4, 0.5) is 0 Å². The van der Waals surface area contributed by atoms with Crippen molar-refractivity contribution in [2.75, 3.05) is 0 Å². The second-order valence-corrected chi connectivity index (χ2v) is 11.4. The van der Waals surface area contributed by atoms with E-state index in [1.54, 1.807) is 0 Å². The molecule has 0 aliphatic rings. The van der Waals surface area contributed by atoms with Crippen LogP contribution in [0.5, 0.6) is 0 Å². The van der Waals surface area contributed by atoms with Gasteiger partial charge in [-0.2, -0.15) is 0 Å². The average Bonchev–Trinajstić information content (AvgIpc) is 3.46. The SMILES string of the molecule is c1ccc(-c2ccc3c4c5ccccc5ccc4n(-c4cccc5nc(-c6ccccc6)c(-c6ccccc6)nc45)c3c2)cc1. The summed E-state index contributed by atoms with van der Waals surface area (Å²) >= 11 is 0. The van der Waals surface area contributed by atoms with E-state index in [2.05, 4.69) is 156 Å². The zero-order valence-electron chi connectivity index (χ0n) is 24.4. The first kappa shape index (κ1) is 25.4. The Morgan fingerprint density at radius 1 is 0.400 bits per heavy atom. The Bertz CT molecular complexity index is 2510. The molecule has 9 aromatic rings. The van der Waals surface area contributed by atoms with Crippen molar-refractivity contribution in [1.82, 2.24) is 14.5 Å². The van der Waals surface area contributed by atoms with Crippen LogP contribution >= 0.6 is 0 Å². The van der Waals surface area contributed by atoms with Gasteiger partial charge >= 0.3 is 0 Å². The monoisotopic (exact) mass is 573 g/mol. The van der Waals surface area contributed by atoms with Gasteiger partial charge in [-0.15, -0.1) is 0 Å². The Morgan fingerprint density at radius 3 is 1.78 bits per heavy atom. The van der Waals surface area contributed by atoms with Gasteiger partial charge in [0.05, 0.1) is 33.6 Å². The number of fused-ring (bicyclic) bond motifs is 6. The van der Waals surface area contributed by atoms with Gasteiger partial charge in [0.15, 0.2) is 0 Å². The zero-order chi connectivity index (χ0) is 29.7. The van der Waals surface area contributed by atoms with Gasteiger partial charge in [0.1, 0.15) is 5.52 Å². The third-order valence-electron chi connectivity index (χ3n) is 8.77. The second-order valence-electron chi connectivity index (χ2n) is 11.4. The van der Waals surface area contributed by atoms with Crippen molar-refractivity contribution in [3.8, 4) is 39.3 Å². The summed E-state index contributed by atoms with van der Waals surface area (Å²) in [5.74, 6) is 0. The van der Waals surface area contributed by atoms with Gasteiger partial charge in [-0.05, 0) is 46.2 Å². The van der Waals surface area contributed by atoms with Gasteiger partial charge in [-0.3, -0.25) is 0 Å². The van der Waals surface area contributed by atoms with Gasteiger partial charge < -0.3 is 4.57 Å². The molecule has 0 aliphatic heterocycles. The molecule has 0 atom stereocenters. The van der Waals surface area contributed by atoms with Crippen molar-refractivity contribution in [2.45, 2.75) is 0 Å². The Labute approximate surface area is 260 Å². The van der Waals surface area contributed by atoms with Gasteiger partial charge in [0.25, 0.3) is 0 Å². The minimum Gasteiger partial charge on any atom is -0.307 e. The standard InChI is InChI=1S/C42H27N3/c1-4-13-28(14-5-1)32-23-25-34-38(27-32)45(36-26-24-29-15-10-11-20-33(29)39(34)36)37-22-12-21-35-42(37)44-41(31-18-8-3-9-19-31)40(43-35)30-16-6-2-7-17-30/h1-27H. The van der Waals surface area contributed by atoms with Crippen LogP contribution in [0.1, 0.15) is 0 Å². The molecule has 7 aromatic carbocycles. The van der Waals surface area contributed by atoms with E-state index < -0.39 is 0 Å². The van der Waals surface area contributed by atoms with Gasteiger partial charge in [0, 0.05) is 21.9 Å². The summed E-state index contributed by atoms with van der Waals surface area (Å²) < 4.78 is 2.39. The lowest BCUT2D eigenvalue weighted by Gasteiger charge is -2.15. The molecule has 0 spiro atoms. The summed E-state index contributed by atoms with van der Waals surface area (Å²) in [6.45, 7) is 0. The van der Waals surface area contributed by atoms with E-state index in [1.165, 1.54) is 32.7 Å². The lowest BCUT2D eigenvalue weighted by molar-refractivity contribution is 1.17. The maximum Gasteiger partial charge on any atom is 0.113 e. The molecular weight excluding hydrogens is 546 g/mol. The van der Waals surface area contributed by atoms with E-state index in [0.29, 0.717) is 0 Å². The molecule has 0 radical (unpaired) electrons. The number of nitrogens with zero attached hydrogens (tertiary/aromatic N) is 3. The molecule has 2 heterocycles. The summed E-state index contributed by atoms with van der Waals surface area (Å²) in [5, 5.41) is 4.94. The maximum atomic E-state index is 5.45. The van der Waals surface area contributed by atoms with Crippen molar-refractivity contribution in [3.63, 3.8) is 0 Å². The molecule has 0 aliphatic carbocycles. The van der Waals surface area contributed by atoms with Crippen molar-refractivity contribution in [2.24, 2.45) is 0 Å². The first-order valence-electron chi connectivity index (χ1n) is 15.3. The highest BCUT2D eigenvalue weighted by molar-refractivity contribution is 6.22. The number of hydrogen-bond donors (Lipinski definition) is 0. The van der Waals surface area contributed by atoms with Crippen LogP contribution in [0, 0.1) is 0 Å². The average molecular weight is 574 g/mol. The fraction of sp³-hybridized carbons (Fsp3) is 0. The fourth-order valence-corrected chi connectivity index (χ4v) is 6.69. The number of rotatable bonds is 4. The van der Waals surface area contributed by atoms with Crippen LogP contribution in [0.25, 0.3) is 82.9 Å². The van der Waals surface area contributed by atoms with Crippen molar-refractivity contribution in [1.29, 1.82) is 0 Å². The fourth-order valence-electron chi connectivity index (χ4n) is 6.69. The number of aromatic nitrogens is 3. The normalized spacial score (nSPS) is 11.6. The Morgan fingerprint density at radius 2 is 1.04 bits per heavy atom. The van der Waals surface area contributed by atoms with Crippen LogP contribution in [0.3, 0.4) is 0 Å². The summed E-state index contributed by atoms with van der Waals surface area (Å²) in [6.07, 6.45) is 0. The minimum absolute atomic E-state index is 0.862. The van der Waals surface area contributed by atoms with E-state index >= 15 is 0 Å². The highest BCUT2D eigenvalue weighted by Crippen LogP contribution is 2.40. The van der Waals surface area contributed by atoms with Gasteiger partial charge in [0.2, 0.25) is 0 Å². The topological polar surface area (TPSA) is 30.7 Å². The molecule has 0 N–H and O–H groups in total. The minimum atomic E-state index is 0.862. The molecule has 0 saturated heterocycles. The number of benzene rings is 7. The van der Waals surface area contributed by atoms with Crippen molar-refractivity contribution >= 4 is 43.6 Å². The zero-order valence-corrected chi connectivity index (χ0v) is 24.4. The summed E-state index contributed by atoms with van der Waals surface area (Å²) in [5.41, 5.74) is 11.3. The smallest absolute Gasteiger partial charge is 0.113 e. The molecule has 210 valence electrons. The van der Waals surface area contributed by atoms with Crippen LogP contribution in [0.15, 0.2) is 164 Å². The molecule has 0 amide bonds. The van der Waals surface area contributed by atoms with Crippen LogP contribution in [0.2, 0.25) is 0 Å². The molecule has 9 rings (SSSR count). The highest BCUT2D eigenvalue weighted by atomic mass is 15.0. The lowest BCUT2D eigenvalue weighted by atomic mass is 10.0. The molecule has 45 heavy (non-hydrogen) atoms. The molecule has 0 fully saturated rings. The predicted molar refractivity (Wildman–Crippen MR) is 188 cm³/mol. The van der Waals surface area contributed by atoms with E-state index in [-0.39, 0.29) is 0 Å². The Hall–Kier alpha value is -6.06. The molecule has 0 saturated carbocycles. The van der Waals surface area contributed by atoms with E-state index in [4.69, 9.17) is 9.97 Å². The third-order valence-corrected chi connectivity index (χ3v) is 8.77. The van der Waals surface area contributed by atoms with Crippen LogP contribution < -0.4 is 0 Å². The first-order chi connectivity index (χ1) is 22.3. The van der Waals surface area contributed by atoms with Crippen LogP contribution in [-0.2, 0) is 0 Å². The van der Waals surface area contributed by atoms with E-state index in [9.17, 15) is 0 Å². The molecule has 2 aromatic heterocycles. The van der Waals surface area contributed by atoms with Crippen molar-refractivity contribution < 1.29 is 0 Å². The van der Waals surface area contributed by atoms with Gasteiger partial charge in [-0.25, -0.2) is 9.97 Å². The third kappa shape index (κ3) is 4.13. The summed E-state index contributed by atoms with van der Waals surface area (Å²) in [6, 6.07) is 57.7. The molecule has 0 unspecified atom stereocenters.